The molecule has 0 aromatic rings. The van der Waals surface area contributed by atoms with Gasteiger partial charge in [0.05, 0.1) is 0 Å². The van der Waals surface area contributed by atoms with E-state index in [1.165, 1.54) is 45.3 Å². The zero-order chi connectivity index (χ0) is 14.6. The van der Waals surface area contributed by atoms with Crippen LogP contribution in [0.4, 0.5) is 0 Å². The van der Waals surface area contributed by atoms with Gasteiger partial charge in [-0.1, -0.05) is 6.92 Å². The molecular formula is C15H32N4S. The van der Waals surface area contributed by atoms with Gasteiger partial charge in [-0.2, -0.15) is 11.8 Å². The Kier molecular flexibility index (Phi) is 9.93. The zero-order valence-electron chi connectivity index (χ0n) is 13.5. The first-order valence-corrected chi connectivity index (χ1v) is 9.31. The van der Waals surface area contributed by atoms with E-state index in [0.717, 1.165) is 30.7 Å². The molecule has 1 heterocycles. The number of nitrogens with one attached hydrogen (secondary N) is 2. The number of hydrogen-bond donors (Lipinski definition) is 2. The van der Waals surface area contributed by atoms with Crippen LogP contribution in [0.5, 0.6) is 0 Å². The minimum atomic E-state index is 0.934. The van der Waals surface area contributed by atoms with E-state index < -0.39 is 0 Å². The summed E-state index contributed by atoms with van der Waals surface area (Å²) in [5.41, 5.74) is 0. The molecule has 0 aliphatic carbocycles. The second kappa shape index (κ2) is 11.3. The van der Waals surface area contributed by atoms with E-state index in [1.807, 2.05) is 18.8 Å². The van der Waals surface area contributed by atoms with E-state index in [1.54, 1.807) is 0 Å². The van der Waals surface area contributed by atoms with Crippen molar-refractivity contribution in [3.05, 3.63) is 0 Å². The summed E-state index contributed by atoms with van der Waals surface area (Å²) in [5.74, 6) is 2.99. The number of rotatable bonds is 8. The predicted molar refractivity (Wildman–Crippen MR) is 91.8 cm³/mol. The molecular weight excluding hydrogens is 268 g/mol. The van der Waals surface area contributed by atoms with Crippen molar-refractivity contribution in [2.45, 2.75) is 32.6 Å². The molecule has 0 saturated carbocycles. The van der Waals surface area contributed by atoms with Gasteiger partial charge in [0.25, 0.3) is 0 Å². The lowest BCUT2D eigenvalue weighted by Crippen LogP contribution is -2.39. The lowest BCUT2D eigenvalue weighted by atomic mass is 9.99. The first kappa shape index (κ1) is 17.6. The molecule has 2 N–H and O–H groups in total. The molecule has 118 valence electrons. The maximum Gasteiger partial charge on any atom is 0.191 e. The van der Waals surface area contributed by atoms with Gasteiger partial charge in [0.15, 0.2) is 5.96 Å². The first-order chi connectivity index (χ1) is 9.76. The Morgan fingerprint density at radius 3 is 2.55 bits per heavy atom. The smallest absolute Gasteiger partial charge is 0.191 e. The highest BCUT2D eigenvalue weighted by atomic mass is 32.2. The maximum absolute atomic E-state index is 4.23. The highest BCUT2D eigenvalue weighted by Gasteiger charge is 2.14. The molecule has 0 spiro atoms. The van der Waals surface area contributed by atoms with Crippen LogP contribution >= 0.6 is 11.8 Å². The Hall–Kier alpha value is -0.420. The maximum atomic E-state index is 4.23. The largest absolute Gasteiger partial charge is 0.356 e. The average Bonchev–Trinajstić information content (AvgIpc) is 2.47. The van der Waals surface area contributed by atoms with Crippen LogP contribution in [-0.2, 0) is 0 Å². The van der Waals surface area contributed by atoms with Crippen molar-refractivity contribution in [3.8, 4) is 0 Å². The molecule has 1 fully saturated rings. The van der Waals surface area contributed by atoms with E-state index in [0.29, 0.717) is 0 Å². The van der Waals surface area contributed by atoms with E-state index in [4.69, 9.17) is 0 Å². The van der Waals surface area contributed by atoms with Crippen molar-refractivity contribution in [1.82, 2.24) is 15.5 Å². The molecule has 0 atom stereocenters. The fourth-order valence-corrected chi connectivity index (χ4v) is 2.75. The Bertz CT molecular complexity index is 263. The van der Waals surface area contributed by atoms with Crippen LogP contribution in [0.3, 0.4) is 0 Å². The summed E-state index contributed by atoms with van der Waals surface area (Å²) in [6.07, 6.45) is 7.38. The van der Waals surface area contributed by atoms with E-state index in [2.05, 4.69) is 33.7 Å². The number of likely N-dealkylation sites (tertiary alicyclic amines) is 1. The molecule has 0 aromatic heterocycles. The van der Waals surface area contributed by atoms with Crippen molar-refractivity contribution >= 4 is 17.7 Å². The highest BCUT2D eigenvalue weighted by molar-refractivity contribution is 7.98. The molecule has 5 heteroatoms. The van der Waals surface area contributed by atoms with E-state index in [9.17, 15) is 0 Å². The van der Waals surface area contributed by atoms with Gasteiger partial charge in [-0.15, -0.1) is 0 Å². The molecule has 0 aromatic carbocycles. The molecule has 0 radical (unpaired) electrons. The molecule has 1 rings (SSSR count). The van der Waals surface area contributed by atoms with Crippen LogP contribution in [0, 0.1) is 5.92 Å². The Balaban J connectivity index is 1.98. The minimum absolute atomic E-state index is 0.934. The third-order valence-electron chi connectivity index (χ3n) is 3.89. The number of thioether (sulfide) groups is 1. The number of aliphatic imine (C=N–C) groups is 1. The molecule has 0 unspecified atom stereocenters. The van der Waals surface area contributed by atoms with Crippen molar-refractivity contribution in [2.24, 2.45) is 10.9 Å². The molecule has 1 aliphatic rings. The SMILES string of the molecule is CN=C(NCCCCN1CCC(C)CC1)NCCSC. The summed E-state index contributed by atoms with van der Waals surface area (Å²) in [4.78, 5) is 6.85. The monoisotopic (exact) mass is 300 g/mol. The summed E-state index contributed by atoms with van der Waals surface area (Å²) in [6, 6.07) is 0. The molecule has 20 heavy (non-hydrogen) atoms. The summed E-state index contributed by atoms with van der Waals surface area (Å²) >= 11 is 1.85. The molecule has 4 nitrogen and oxygen atoms in total. The number of hydrogen-bond acceptors (Lipinski definition) is 3. The lowest BCUT2D eigenvalue weighted by molar-refractivity contribution is 0.189. The van der Waals surface area contributed by atoms with Gasteiger partial charge >= 0.3 is 0 Å². The standard InChI is InChI=1S/C15H32N4S/c1-14-6-11-19(12-7-14)10-5-4-8-17-15(16-2)18-9-13-20-3/h14H,4-13H2,1-3H3,(H2,16,17,18). The fraction of sp³-hybridized carbons (Fsp3) is 0.933. The van der Waals surface area contributed by atoms with Crippen LogP contribution < -0.4 is 10.6 Å². The minimum Gasteiger partial charge on any atom is -0.356 e. The zero-order valence-corrected chi connectivity index (χ0v) is 14.3. The van der Waals surface area contributed by atoms with Gasteiger partial charge in [-0.25, -0.2) is 0 Å². The van der Waals surface area contributed by atoms with E-state index >= 15 is 0 Å². The van der Waals surface area contributed by atoms with Gasteiger partial charge in [0.2, 0.25) is 0 Å². The third kappa shape index (κ3) is 8.00. The fourth-order valence-electron chi connectivity index (χ4n) is 2.44. The summed E-state index contributed by atoms with van der Waals surface area (Å²) in [6.45, 7) is 8.22. The Morgan fingerprint density at radius 1 is 1.20 bits per heavy atom. The second-order valence-electron chi connectivity index (χ2n) is 5.65. The summed E-state index contributed by atoms with van der Waals surface area (Å²) in [7, 11) is 1.84. The third-order valence-corrected chi connectivity index (χ3v) is 4.50. The number of guanidine groups is 1. The molecule has 0 bridgehead atoms. The summed E-state index contributed by atoms with van der Waals surface area (Å²) < 4.78 is 0. The second-order valence-corrected chi connectivity index (χ2v) is 6.64. The van der Waals surface area contributed by atoms with Crippen LogP contribution in [-0.4, -0.2) is 62.6 Å². The van der Waals surface area contributed by atoms with Gasteiger partial charge in [-0.3, -0.25) is 4.99 Å². The topological polar surface area (TPSA) is 39.7 Å². The van der Waals surface area contributed by atoms with Crippen molar-refractivity contribution < 1.29 is 0 Å². The van der Waals surface area contributed by atoms with Crippen molar-refractivity contribution in [1.29, 1.82) is 0 Å². The van der Waals surface area contributed by atoms with Crippen LogP contribution in [0.15, 0.2) is 4.99 Å². The van der Waals surface area contributed by atoms with Gasteiger partial charge < -0.3 is 15.5 Å². The molecule has 0 amide bonds. The van der Waals surface area contributed by atoms with Gasteiger partial charge in [0, 0.05) is 25.9 Å². The van der Waals surface area contributed by atoms with Crippen molar-refractivity contribution in [3.63, 3.8) is 0 Å². The molecule has 1 aliphatic heterocycles. The number of nitrogens with zero attached hydrogens (tertiary/aromatic N) is 2. The van der Waals surface area contributed by atoms with Crippen LogP contribution in [0.25, 0.3) is 0 Å². The highest BCUT2D eigenvalue weighted by Crippen LogP contribution is 2.15. The Labute approximate surface area is 129 Å². The van der Waals surface area contributed by atoms with E-state index in [-0.39, 0.29) is 0 Å². The predicted octanol–water partition coefficient (Wildman–Crippen LogP) is 2.03. The van der Waals surface area contributed by atoms with Crippen LogP contribution in [0.2, 0.25) is 0 Å². The average molecular weight is 301 g/mol. The lowest BCUT2D eigenvalue weighted by Gasteiger charge is -2.30. The molecule has 1 saturated heterocycles. The van der Waals surface area contributed by atoms with Gasteiger partial charge in [0.1, 0.15) is 0 Å². The van der Waals surface area contributed by atoms with Gasteiger partial charge in [-0.05, 0) is 57.5 Å². The number of piperidine rings is 1. The summed E-state index contributed by atoms with van der Waals surface area (Å²) in [5, 5.41) is 6.71. The Morgan fingerprint density at radius 2 is 1.90 bits per heavy atom. The first-order valence-electron chi connectivity index (χ1n) is 7.92. The number of unbranched alkanes of at least 4 members (excludes halogenated alkanes) is 1. The quantitative estimate of drug-likeness (QED) is 0.409. The normalized spacial score (nSPS) is 18.2. The van der Waals surface area contributed by atoms with Crippen molar-refractivity contribution in [2.75, 3.05) is 51.8 Å². The van der Waals surface area contributed by atoms with Crippen LogP contribution in [0.1, 0.15) is 32.6 Å².